The molecule has 1 aliphatic carbocycles. The van der Waals surface area contributed by atoms with E-state index in [1.807, 2.05) is 11.3 Å². The van der Waals surface area contributed by atoms with E-state index < -0.39 is 0 Å². The molecule has 0 saturated heterocycles. The number of thiophene rings is 1. The fraction of sp³-hybridized carbons (Fsp3) is 0.714. The Labute approximate surface area is 103 Å². The lowest BCUT2D eigenvalue weighted by Gasteiger charge is -2.32. The van der Waals surface area contributed by atoms with E-state index in [2.05, 4.69) is 25.3 Å². The summed E-state index contributed by atoms with van der Waals surface area (Å²) in [5.41, 5.74) is 8.06. The van der Waals surface area contributed by atoms with Gasteiger partial charge in [0.15, 0.2) is 0 Å². The average molecular weight is 237 g/mol. The van der Waals surface area contributed by atoms with Crippen molar-refractivity contribution in [3.8, 4) is 0 Å². The first kappa shape index (κ1) is 12.1. The van der Waals surface area contributed by atoms with Gasteiger partial charge in [-0.1, -0.05) is 26.7 Å². The minimum atomic E-state index is 0.364. The second-order valence-electron chi connectivity index (χ2n) is 4.95. The van der Waals surface area contributed by atoms with E-state index in [9.17, 15) is 0 Å². The zero-order valence-corrected chi connectivity index (χ0v) is 11.2. The standard InChI is InChI=1S/C14H23NS/c1-3-10(4-2)14(15)12-6-5-7-13-11(12)8-9-16-13/h8-10,12,14H,3-7,15H2,1-2H3. The third-order valence-corrected chi connectivity index (χ3v) is 5.15. The molecular weight excluding hydrogens is 214 g/mol. The molecule has 1 heterocycles. The van der Waals surface area contributed by atoms with Gasteiger partial charge in [0.25, 0.3) is 0 Å². The van der Waals surface area contributed by atoms with E-state index in [-0.39, 0.29) is 0 Å². The number of nitrogens with two attached hydrogens (primary N) is 1. The normalized spacial score (nSPS) is 22.1. The molecule has 2 rings (SSSR count). The van der Waals surface area contributed by atoms with Crippen LogP contribution in [0.1, 0.15) is 55.9 Å². The fourth-order valence-corrected chi connectivity index (χ4v) is 4.08. The molecule has 0 fully saturated rings. The summed E-state index contributed by atoms with van der Waals surface area (Å²) in [5.74, 6) is 1.32. The maximum Gasteiger partial charge on any atom is 0.0136 e. The van der Waals surface area contributed by atoms with Crippen LogP contribution in [0.5, 0.6) is 0 Å². The Morgan fingerprint density at radius 2 is 2.19 bits per heavy atom. The van der Waals surface area contributed by atoms with Crippen molar-refractivity contribution in [3.63, 3.8) is 0 Å². The first-order chi connectivity index (χ1) is 7.77. The molecule has 0 amide bonds. The quantitative estimate of drug-likeness (QED) is 0.843. The second kappa shape index (κ2) is 5.33. The van der Waals surface area contributed by atoms with Gasteiger partial charge in [-0.2, -0.15) is 0 Å². The van der Waals surface area contributed by atoms with Crippen LogP contribution in [0.15, 0.2) is 11.4 Å². The molecule has 2 atom stereocenters. The predicted molar refractivity (Wildman–Crippen MR) is 72.0 cm³/mol. The zero-order chi connectivity index (χ0) is 11.5. The van der Waals surface area contributed by atoms with Gasteiger partial charge < -0.3 is 5.73 Å². The molecule has 0 spiro atoms. The summed E-state index contributed by atoms with van der Waals surface area (Å²) in [6, 6.07) is 2.68. The van der Waals surface area contributed by atoms with Crippen molar-refractivity contribution in [2.45, 2.75) is 57.9 Å². The maximum atomic E-state index is 6.49. The highest BCUT2D eigenvalue weighted by molar-refractivity contribution is 7.10. The van der Waals surface area contributed by atoms with Crippen LogP contribution in [0.2, 0.25) is 0 Å². The first-order valence-electron chi connectivity index (χ1n) is 6.59. The van der Waals surface area contributed by atoms with Crippen molar-refractivity contribution in [3.05, 3.63) is 21.9 Å². The topological polar surface area (TPSA) is 26.0 Å². The monoisotopic (exact) mass is 237 g/mol. The van der Waals surface area contributed by atoms with Crippen molar-refractivity contribution >= 4 is 11.3 Å². The Balaban J connectivity index is 2.17. The highest BCUT2D eigenvalue weighted by Gasteiger charge is 2.29. The van der Waals surface area contributed by atoms with E-state index in [4.69, 9.17) is 5.73 Å². The lowest BCUT2D eigenvalue weighted by molar-refractivity contribution is 0.326. The molecule has 16 heavy (non-hydrogen) atoms. The lowest BCUT2D eigenvalue weighted by atomic mass is 9.76. The fourth-order valence-electron chi connectivity index (χ4n) is 3.08. The van der Waals surface area contributed by atoms with E-state index >= 15 is 0 Å². The van der Waals surface area contributed by atoms with E-state index in [1.165, 1.54) is 32.1 Å². The number of fused-ring (bicyclic) bond motifs is 1. The summed E-state index contributed by atoms with van der Waals surface area (Å²) < 4.78 is 0. The largest absolute Gasteiger partial charge is 0.327 e. The predicted octanol–water partition coefficient (Wildman–Crippen LogP) is 3.93. The minimum Gasteiger partial charge on any atom is -0.327 e. The van der Waals surface area contributed by atoms with Crippen molar-refractivity contribution in [1.29, 1.82) is 0 Å². The lowest BCUT2D eigenvalue weighted by Crippen LogP contribution is -2.37. The summed E-state index contributed by atoms with van der Waals surface area (Å²) >= 11 is 1.92. The van der Waals surface area contributed by atoms with Crippen LogP contribution in [0, 0.1) is 5.92 Å². The number of rotatable bonds is 4. The number of aryl methyl sites for hydroxylation is 1. The van der Waals surface area contributed by atoms with Crippen LogP contribution in [0.3, 0.4) is 0 Å². The highest BCUT2D eigenvalue weighted by Crippen LogP contribution is 2.39. The van der Waals surface area contributed by atoms with Crippen molar-refractivity contribution in [2.75, 3.05) is 0 Å². The molecule has 2 heteroatoms. The van der Waals surface area contributed by atoms with Crippen molar-refractivity contribution < 1.29 is 0 Å². The van der Waals surface area contributed by atoms with Gasteiger partial charge in [-0.25, -0.2) is 0 Å². The van der Waals surface area contributed by atoms with Crippen molar-refractivity contribution in [1.82, 2.24) is 0 Å². The van der Waals surface area contributed by atoms with Gasteiger partial charge in [0, 0.05) is 16.8 Å². The van der Waals surface area contributed by atoms with Gasteiger partial charge in [0.05, 0.1) is 0 Å². The van der Waals surface area contributed by atoms with Crippen LogP contribution in [-0.4, -0.2) is 6.04 Å². The van der Waals surface area contributed by atoms with Crippen LogP contribution in [0.4, 0.5) is 0 Å². The van der Waals surface area contributed by atoms with Gasteiger partial charge in [-0.05, 0) is 42.2 Å². The summed E-state index contributed by atoms with van der Waals surface area (Å²) in [5, 5.41) is 2.24. The minimum absolute atomic E-state index is 0.364. The molecular formula is C14H23NS. The van der Waals surface area contributed by atoms with Crippen LogP contribution >= 0.6 is 11.3 Å². The molecule has 1 nitrogen and oxygen atoms in total. The van der Waals surface area contributed by atoms with E-state index in [0.29, 0.717) is 17.9 Å². The number of hydrogen-bond donors (Lipinski definition) is 1. The van der Waals surface area contributed by atoms with E-state index in [1.54, 1.807) is 10.4 Å². The molecule has 1 aromatic heterocycles. The summed E-state index contributed by atoms with van der Waals surface area (Å²) in [7, 11) is 0. The molecule has 2 N–H and O–H groups in total. The first-order valence-corrected chi connectivity index (χ1v) is 7.47. The summed E-state index contributed by atoms with van der Waals surface area (Å²) in [6.45, 7) is 4.54. The Kier molecular flexibility index (Phi) is 4.04. The van der Waals surface area contributed by atoms with Gasteiger partial charge in [-0.3, -0.25) is 0 Å². The molecule has 2 unspecified atom stereocenters. The third-order valence-electron chi connectivity index (χ3n) is 4.16. The SMILES string of the molecule is CCC(CC)C(N)C1CCCc2sccc21. The molecule has 0 saturated carbocycles. The molecule has 0 bridgehead atoms. The Morgan fingerprint density at radius 3 is 2.88 bits per heavy atom. The molecule has 0 aliphatic heterocycles. The summed E-state index contributed by atoms with van der Waals surface area (Å²) in [4.78, 5) is 1.60. The Hall–Kier alpha value is -0.340. The van der Waals surface area contributed by atoms with Gasteiger partial charge in [0.1, 0.15) is 0 Å². The maximum absolute atomic E-state index is 6.49. The van der Waals surface area contributed by atoms with E-state index in [0.717, 1.165) is 0 Å². The smallest absolute Gasteiger partial charge is 0.0136 e. The Bertz CT molecular complexity index is 327. The molecule has 1 aliphatic rings. The van der Waals surface area contributed by atoms with Gasteiger partial charge in [-0.15, -0.1) is 11.3 Å². The summed E-state index contributed by atoms with van der Waals surface area (Å²) in [6.07, 6.45) is 6.33. The molecule has 90 valence electrons. The van der Waals surface area contributed by atoms with Gasteiger partial charge in [0.2, 0.25) is 0 Å². The molecule has 1 aromatic rings. The average Bonchev–Trinajstić information content (AvgIpc) is 2.78. The van der Waals surface area contributed by atoms with Gasteiger partial charge >= 0.3 is 0 Å². The van der Waals surface area contributed by atoms with Crippen LogP contribution in [-0.2, 0) is 6.42 Å². The molecule has 0 radical (unpaired) electrons. The van der Waals surface area contributed by atoms with Crippen molar-refractivity contribution in [2.24, 2.45) is 11.7 Å². The highest BCUT2D eigenvalue weighted by atomic mass is 32.1. The third kappa shape index (κ3) is 2.18. The van der Waals surface area contributed by atoms with Crippen LogP contribution in [0.25, 0.3) is 0 Å². The molecule has 0 aromatic carbocycles. The number of hydrogen-bond acceptors (Lipinski definition) is 2. The zero-order valence-electron chi connectivity index (χ0n) is 10.4. The second-order valence-corrected chi connectivity index (χ2v) is 5.95. The van der Waals surface area contributed by atoms with Crippen LogP contribution < -0.4 is 5.73 Å². The Morgan fingerprint density at radius 1 is 1.44 bits per heavy atom.